The number of nitrogens with zero attached hydrogens (tertiary/aromatic N) is 1. The molecule has 2 N–H and O–H groups in total. The molecule has 88 valence electrons. The number of nitrogen functional groups attached to an aromatic ring is 1. The van der Waals surface area contributed by atoms with Crippen LogP contribution in [0.5, 0.6) is 11.5 Å². The first-order chi connectivity index (χ1) is 8.83. The quantitative estimate of drug-likeness (QED) is 0.691. The van der Waals surface area contributed by atoms with Gasteiger partial charge in [-0.3, -0.25) is 4.98 Å². The van der Waals surface area contributed by atoms with Gasteiger partial charge in [0.05, 0.1) is 0 Å². The van der Waals surface area contributed by atoms with Crippen LogP contribution >= 0.6 is 0 Å². The van der Waals surface area contributed by atoms with E-state index in [1.807, 2.05) is 48.5 Å². The molecule has 0 aliphatic carbocycles. The van der Waals surface area contributed by atoms with Crippen molar-refractivity contribution in [2.45, 2.75) is 0 Å². The summed E-state index contributed by atoms with van der Waals surface area (Å²) in [5, 5.41) is 2.11. The van der Waals surface area contributed by atoms with Gasteiger partial charge in [-0.05, 0) is 41.8 Å². The van der Waals surface area contributed by atoms with E-state index in [1.165, 1.54) is 0 Å². The first-order valence-electron chi connectivity index (χ1n) is 5.69. The standard InChI is InChI=1S/C15H12N2O/c16-15-3-1-2-11-10-13(4-5-14(11)15)18-12-6-8-17-9-7-12/h1-10H,16H2. The van der Waals surface area contributed by atoms with Crippen LogP contribution in [0.15, 0.2) is 60.9 Å². The SMILES string of the molecule is Nc1cccc2cc(Oc3ccncc3)ccc12. The smallest absolute Gasteiger partial charge is 0.130 e. The second-order valence-corrected chi connectivity index (χ2v) is 4.02. The minimum absolute atomic E-state index is 0.772. The number of pyridine rings is 1. The molecule has 0 saturated heterocycles. The fourth-order valence-corrected chi connectivity index (χ4v) is 1.89. The number of hydrogen-bond acceptors (Lipinski definition) is 3. The van der Waals surface area contributed by atoms with Crippen molar-refractivity contribution in [1.29, 1.82) is 0 Å². The van der Waals surface area contributed by atoms with Crippen LogP contribution in [0.1, 0.15) is 0 Å². The van der Waals surface area contributed by atoms with Crippen LogP contribution < -0.4 is 10.5 Å². The van der Waals surface area contributed by atoms with Crippen LogP contribution in [0.25, 0.3) is 10.8 Å². The highest BCUT2D eigenvalue weighted by molar-refractivity contribution is 5.93. The molecule has 1 aromatic heterocycles. The Hall–Kier alpha value is -2.55. The first kappa shape index (κ1) is 10.6. The molecule has 0 bridgehead atoms. The third-order valence-electron chi connectivity index (χ3n) is 2.77. The number of anilines is 1. The normalized spacial score (nSPS) is 10.4. The van der Waals surface area contributed by atoms with E-state index in [4.69, 9.17) is 10.5 Å². The predicted molar refractivity (Wildman–Crippen MR) is 72.7 cm³/mol. The molecule has 0 aliphatic rings. The fraction of sp³-hybridized carbons (Fsp3) is 0. The number of fused-ring (bicyclic) bond motifs is 1. The van der Waals surface area contributed by atoms with Gasteiger partial charge in [-0.15, -0.1) is 0 Å². The maximum atomic E-state index is 5.91. The molecular weight excluding hydrogens is 224 g/mol. The summed E-state index contributed by atoms with van der Waals surface area (Å²) >= 11 is 0. The van der Waals surface area contributed by atoms with E-state index in [2.05, 4.69) is 4.98 Å². The Morgan fingerprint density at radius 3 is 2.56 bits per heavy atom. The van der Waals surface area contributed by atoms with E-state index in [9.17, 15) is 0 Å². The number of hydrogen-bond donors (Lipinski definition) is 1. The Morgan fingerprint density at radius 1 is 0.889 bits per heavy atom. The van der Waals surface area contributed by atoms with Gasteiger partial charge in [0.25, 0.3) is 0 Å². The molecule has 2 aromatic carbocycles. The van der Waals surface area contributed by atoms with Crippen LogP contribution in [0.3, 0.4) is 0 Å². The van der Waals surface area contributed by atoms with E-state index < -0.39 is 0 Å². The van der Waals surface area contributed by atoms with Gasteiger partial charge in [-0.1, -0.05) is 12.1 Å². The third-order valence-corrected chi connectivity index (χ3v) is 2.77. The van der Waals surface area contributed by atoms with Gasteiger partial charge in [0, 0.05) is 23.5 Å². The van der Waals surface area contributed by atoms with Crippen molar-refractivity contribution in [2.24, 2.45) is 0 Å². The summed E-state index contributed by atoms with van der Waals surface area (Å²) in [6, 6.07) is 15.4. The molecule has 1 heterocycles. The lowest BCUT2D eigenvalue weighted by Gasteiger charge is -2.07. The van der Waals surface area contributed by atoms with Crippen LogP contribution in [0.2, 0.25) is 0 Å². The number of benzene rings is 2. The Bertz CT molecular complexity index is 680. The molecule has 0 amide bonds. The van der Waals surface area contributed by atoms with Crippen molar-refractivity contribution in [2.75, 3.05) is 5.73 Å². The van der Waals surface area contributed by atoms with Crippen molar-refractivity contribution < 1.29 is 4.74 Å². The second kappa shape index (κ2) is 4.37. The van der Waals surface area contributed by atoms with Crippen molar-refractivity contribution in [3.05, 3.63) is 60.9 Å². The molecule has 0 fully saturated rings. The number of aromatic nitrogens is 1. The molecule has 3 heteroatoms. The largest absolute Gasteiger partial charge is 0.457 e. The van der Waals surface area contributed by atoms with Crippen molar-refractivity contribution in [1.82, 2.24) is 4.98 Å². The van der Waals surface area contributed by atoms with Gasteiger partial charge in [0.15, 0.2) is 0 Å². The van der Waals surface area contributed by atoms with Crippen molar-refractivity contribution >= 4 is 16.5 Å². The average molecular weight is 236 g/mol. The summed E-state index contributed by atoms with van der Waals surface area (Å²) < 4.78 is 5.75. The maximum Gasteiger partial charge on any atom is 0.130 e. The van der Waals surface area contributed by atoms with Crippen LogP contribution in [0.4, 0.5) is 5.69 Å². The van der Waals surface area contributed by atoms with E-state index in [1.54, 1.807) is 12.4 Å². The molecule has 0 unspecified atom stereocenters. The van der Waals surface area contributed by atoms with Gasteiger partial charge in [0.2, 0.25) is 0 Å². The first-order valence-corrected chi connectivity index (χ1v) is 5.69. The van der Waals surface area contributed by atoms with Crippen molar-refractivity contribution in [3.8, 4) is 11.5 Å². The molecule has 0 atom stereocenters. The van der Waals surface area contributed by atoms with E-state index in [-0.39, 0.29) is 0 Å². The zero-order chi connectivity index (χ0) is 12.4. The Morgan fingerprint density at radius 2 is 1.72 bits per heavy atom. The van der Waals surface area contributed by atoms with E-state index in [0.29, 0.717) is 0 Å². The summed E-state index contributed by atoms with van der Waals surface area (Å²) in [5.41, 5.74) is 6.69. The summed E-state index contributed by atoms with van der Waals surface area (Å²) in [6.45, 7) is 0. The van der Waals surface area contributed by atoms with Gasteiger partial charge >= 0.3 is 0 Å². The molecule has 3 nitrogen and oxygen atoms in total. The topological polar surface area (TPSA) is 48.1 Å². The predicted octanol–water partition coefficient (Wildman–Crippen LogP) is 3.61. The second-order valence-electron chi connectivity index (χ2n) is 4.02. The number of rotatable bonds is 2. The lowest BCUT2D eigenvalue weighted by molar-refractivity contribution is 0.482. The highest BCUT2D eigenvalue weighted by Crippen LogP contribution is 2.27. The van der Waals surface area contributed by atoms with Crippen LogP contribution in [-0.2, 0) is 0 Å². The Labute approximate surface area is 105 Å². The van der Waals surface area contributed by atoms with Gasteiger partial charge in [-0.25, -0.2) is 0 Å². The van der Waals surface area contributed by atoms with Gasteiger partial charge in [0.1, 0.15) is 11.5 Å². The molecular formula is C15H12N2O. The molecule has 0 radical (unpaired) electrons. The highest BCUT2D eigenvalue weighted by atomic mass is 16.5. The van der Waals surface area contributed by atoms with Crippen molar-refractivity contribution in [3.63, 3.8) is 0 Å². The average Bonchev–Trinajstić information content (AvgIpc) is 2.40. The minimum atomic E-state index is 0.772. The molecule has 0 saturated carbocycles. The molecule has 0 spiro atoms. The summed E-state index contributed by atoms with van der Waals surface area (Å²) in [6.07, 6.45) is 3.41. The third kappa shape index (κ3) is 1.98. The fourth-order valence-electron chi connectivity index (χ4n) is 1.89. The molecule has 18 heavy (non-hydrogen) atoms. The summed E-state index contributed by atoms with van der Waals surface area (Å²) in [7, 11) is 0. The van der Waals surface area contributed by atoms with Gasteiger partial charge < -0.3 is 10.5 Å². The van der Waals surface area contributed by atoms with Crippen LogP contribution in [-0.4, -0.2) is 4.98 Å². The number of ether oxygens (including phenoxy) is 1. The van der Waals surface area contributed by atoms with E-state index in [0.717, 1.165) is 28.0 Å². The highest BCUT2D eigenvalue weighted by Gasteiger charge is 2.01. The lowest BCUT2D eigenvalue weighted by Crippen LogP contribution is -1.88. The zero-order valence-electron chi connectivity index (χ0n) is 9.71. The lowest BCUT2D eigenvalue weighted by atomic mass is 10.1. The van der Waals surface area contributed by atoms with Gasteiger partial charge in [-0.2, -0.15) is 0 Å². The van der Waals surface area contributed by atoms with E-state index >= 15 is 0 Å². The van der Waals surface area contributed by atoms with Crippen LogP contribution in [0, 0.1) is 0 Å². The zero-order valence-corrected chi connectivity index (χ0v) is 9.71. The molecule has 3 aromatic rings. The Kier molecular flexibility index (Phi) is 2.57. The summed E-state index contributed by atoms with van der Waals surface area (Å²) in [4.78, 5) is 3.95. The molecule has 3 rings (SSSR count). The molecule has 0 aliphatic heterocycles. The minimum Gasteiger partial charge on any atom is -0.457 e. The Balaban J connectivity index is 1.99. The monoisotopic (exact) mass is 236 g/mol. The number of nitrogens with two attached hydrogens (primary N) is 1. The summed E-state index contributed by atoms with van der Waals surface area (Å²) in [5.74, 6) is 1.56. The maximum absolute atomic E-state index is 5.91.